The van der Waals surface area contributed by atoms with Crippen LogP contribution in [0.2, 0.25) is 0 Å². The van der Waals surface area contributed by atoms with E-state index >= 15 is 0 Å². The molecule has 0 saturated carbocycles. The molecule has 0 spiro atoms. The van der Waals surface area contributed by atoms with Crippen LogP contribution in [0, 0.1) is 17.1 Å². The van der Waals surface area contributed by atoms with E-state index in [2.05, 4.69) is 5.10 Å². The molecule has 0 N–H and O–H groups in total. The molecular formula is C16H16FN3O. The Labute approximate surface area is 122 Å². The van der Waals surface area contributed by atoms with Crippen molar-refractivity contribution in [2.24, 2.45) is 0 Å². The number of nitrogens with zero attached hydrogens (tertiary/aromatic N) is 3. The smallest absolute Gasteiger partial charge is 0.150 e. The second-order valence-electron chi connectivity index (χ2n) is 5.18. The van der Waals surface area contributed by atoms with Crippen LogP contribution in [0.25, 0.3) is 11.1 Å². The molecule has 0 radical (unpaired) electrons. The molecule has 0 bridgehead atoms. The van der Waals surface area contributed by atoms with Crippen molar-refractivity contribution < 1.29 is 9.13 Å². The van der Waals surface area contributed by atoms with Gasteiger partial charge in [-0.2, -0.15) is 10.4 Å². The molecule has 2 aromatic rings. The highest BCUT2D eigenvalue weighted by Gasteiger charge is 2.17. The van der Waals surface area contributed by atoms with Crippen molar-refractivity contribution >= 4 is 0 Å². The van der Waals surface area contributed by atoms with Crippen molar-refractivity contribution in [3.05, 3.63) is 42.0 Å². The highest BCUT2D eigenvalue weighted by Crippen LogP contribution is 2.27. The van der Waals surface area contributed by atoms with Crippen LogP contribution in [-0.2, 0) is 11.2 Å². The number of rotatable bonds is 3. The minimum absolute atomic E-state index is 0.0478. The fourth-order valence-corrected chi connectivity index (χ4v) is 2.56. The normalized spacial score (nSPS) is 18.4. The highest BCUT2D eigenvalue weighted by atomic mass is 19.1. The molecule has 1 aliphatic heterocycles. The molecule has 1 aliphatic rings. The minimum atomic E-state index is -0.327. The van der Waals surface area contributed by atoms with E-state index in [-0.39, 0.29) is 18.5 Å². The van der Waals surface area contributed by atoms with Crippen molar-refractivity contribution in [2.75, 3.05) is 6.61 Å². The quantitative estimate of drug-likeness (QED) is 0.867. The third-order valence-corrected chi connectivity index (χ3v) is 3.68. The molecule has 1 atom stereocenters. The number of aromatic nitrogens is 2. The van der Waals surface area contributed by atoms with E-state index in [1.807, 2.05) is 12.3 Å². The maximum absolute atomic E-state index is 14.1. The molecule has 3 rings (SSSR count). The number of hydrogen-bond acceptors (Lipinski definition) is 3. The lowest BCUT2D eigenvalue weighted by atomic mass is 10.1. The van der Waals surface area contributed by atoms with Crippen molar-refractivity contribution in [3.63, 3.8) is 0 Å². The van der Waals surface area contributed by atoms with Crippen LogP contribution in [0.3, 0.4) is 0 Å². The molecule has 1 aromatic carbocycles. The first-order valence-corrected chi connectivity index (χ1v) is 7.09. The first kappa shape index (κ1) is 13.8. The Hall–Kier alpha value is -2.19. The molecule has 108 valence electrons. The molecule has 1 fully saturated rings. The lowest BCUT2D eigenvalue weighted by Crippen LogP contribution is -2.18. The Morgan fingerprint density at radius 1 is 1.43 bits per heavy atom. The van der Waals surface area contributed by atoms with Gasteiger partial charge in [0.25, 0.3) is 0 Å². The number of benzene rings is 1. The minimum Gasteiger partial charge on any atom is -0.357 e. The number of nitriles is 1. The summed E-state index contributed by atoms with van der Waals surface area (Å²) < 4.78 is 21.6. The summed E-state index contributed by atoms with van der Waals surface area (Å²) in [5.74, 6) is -0.327. The molecule has 1 unspecified atom stereocenters. The summed E-state index contributed by atoms with van der Waals surface area (Å²) >= 11 is 0. The Morgan fingerprint density at radius 3 is 3.05 bits per heavy atom. The second-order valence-corrected chi connectivity index (χ2v) is 5.18. The van der Waals surface area contributed by atoms with Crippen LogP contribution in [0.4, 0.5) is 4.39 Å². The van der Waals surface area contributed by atoms with Gasteiger partial charge in [-0.25, -0.2) is 9.07 Å². The van der Waals surface area contributed by atoms with Crippen molar-refractivity contribution in [1.29, 1.82) is 5.26 Å². The van der Waals surface area contributed by atoms with E-state index in [9.17, 15) is 4.39 Å². The van der Waals surface area contributed by atoms with Gasteiger partial charge in [-0.05, 0) is 30.9 Å². The molecule has 1 saturated heterocycles. The third-order valence-electron chi connectivity index (χ3n) is 3.68. The van der Waals surface area contributed by atoms with E-state index in [1.54, 1.807) is 23.0 Å². The van der Waals surface area contributed by atoms with Gasteiger partial charge < -0.3 is 4.74 Å². The van der Waals surface area contributed by atoms with Gasteiger partial charge in [0.15, 0.2) is 0 Å². The summed E-state index contributed by atoms with van der Waals surface area (Å²) in [5.41, 5.74) is 1.91. The average molecular weight is 285 g/mol. The van der Waals surface area contributed by atoms with Crippen LogP contribution in [0.5, 0.6) is 0 Å². The lowest BCUT2D eigenvalue weighted by molar-refractivity contribution is -0.0394. The average Bonchev–Trinajstić information content (AvgIpc) is 2.98. The number of halogens is 1. The lowest BCUT2D eigenvalue weighted by Gasteiger charge is -2.22. The van der Waals surface area contributed by atoms with Crippen LogP contribution in [0.15, 0.2) is 30.6 Å². The van der Waals surface area contributed by atoms with Crippen LogP contribution < -0.4 is 0 Å². The maximum Gasteiger partial charge on any atom is 0.150 e. The third kappa shape index (κ3) is 2.96. The Balaban J connectivity index is 1.84. The predicted octanol–water partition coefficient (Wildman–Crippen LogP) is 3.45. The molecular weight excluding hydrogens is 269 g/mol. The second kappa shape index (κ2) is 6.06. The zero-order valence-electron chi connectivity index (χ0n) is 11.6. The van der Waals surface area contributed by atoms with E-state index in [1.165, 1.54) is 6.07 Å². The van der Waals surface area contributed by atoms with Gasteiger partial charge in [0.2, 0.25) is 0 Å². The first-order chi connectivity index (χ1) is 10.3. The van der Waals surface area contributed by atoms with E-state index < -0.39 is 0 Å². The SMILES string of the molecule is N#CCc1ccc(-c2cnn(C3CCCCO3)c2)c(F)c1. The van der Waals surface area contributed by atoms with E-state index in [0.29, 0.717) is 11.1 Å². The summed E-state index contributed by atoms with van der Waals surface area (Å²) in [4.78, 5) is 0. The van der Waals surface area contributed by atoms with E-state index in [4.69, 9.17) is 10.00 Å². The summed E-state index contributed by atoms with van der Waals surface area (Å²) in [6.45, 7) is 0.747. The molecule has 5 heteroatoms. The molecule has 0 amide bonds. The van der Waals surface area contributed by atoms with Gasteiger partial charge in [-0.15, -0.1) is 0 Å². The molecule has 21 heavy (non-hydrogen) atoms. The van der Waals surface area contributed by atoms with Gasteiger partial charge in [-0.3, -0.25) is 0 Å². The molecule has 2 heterocycles. The fourth-order valence-electron chi connectivity index (χ4n) is 2.56. The molecule has 4 nitrogen and oxygen atoms in total. The zero-order valence-corrected chi connectivity index (χ0v) is 11.6. The summed E-state index contributed by atoms with van der Waals surface area (Å²) in [5, 5.41) is 12.9. The van der Waals surface area contributed by atoms with Crippen LogP contribution in [0.1, 0.15) is 31.1 Å². The van der Waals surface area contributed by atoms with Crippen molar-refractivity contribution in [1.82, 2.24) is 9.78 Å². The fraction of sp³-hybridized carbons (Fsp3) is 0.375. The topological polar surface area (TPSA) is 50.8 Å². The highest BCUT2D eigenvalue weighted by molar-refractivity contribution is 5.63. The van der Waals surface area contributed by atoms with Crippen LogP contribution >= 0.6 is 0 Å². The van der Waals surface area contributed by atoms with Gasteiger partial charge in [0.1, 0.15) is 12.0 Å². The number of ether oxygens (including phenoxy) is 1. The van der Waals surface area contributed by atoms with Gasteiger partial charge >= 0.3 is 0 Å². The van der Waals surface area contributed by atoms with E-state index in [0.717, 1.165) is 31.4 Å². The molecule has 0 aliphatic carbocycles. The zero-order chi connectivity index (χ0) is 14.7. The maximum atomic E-state index is 14.1. The first-order valence-electron chi connectivity index (χ1n) is 7.09. The number of hydrogen-bond donors (Lipinski definition) is 0. The summed E-state index contributed by atoms with van der Waals surface area (Å²) in [7, 11) is 0. The summed E-state index contributed by atoms with van der Waals surface area (Å²) in [6.07, 6.45) is 6.78. The van der Waals surface area contributed by atoms with Crippen molar-refractivity contribution in [2.45, 2.75) is 31.9 Å². The summed E-state index contributed by atoms with van der Waals surface area (Å²) in [6, 6.07) is 6.90. The van der Waals surface area contributed by atoms with Gasteiger partial charge in [0, 0.05) is 23.9 Å². The van der Waals surface area contributed by atoms with Gasteiger partial charge in [-0.1, -0.05) is 12.1 Å². The van der Waals surface area contributed by atoms with Crippen molar-refractivity contribution in [3.8, 4) is 17.2 Å². The standard InChI is InChI=1S/C16H16FN3O/c17-15-9-12(6-7-18)4-5-14(15)13-10-19-20(11-13)16-3-1-2-8-21-16/h4-5,9-11,16H,1-3,6,8H2. The molecule has 1 aromatic heterocycles. The largest absolute Gasteiger partial charge is 0.357 e. The Bertz CT molecular complexity index is 668. The Morgan fingerprint density at radius 2 is 2.33 bits per heavy atom. The van der Waals surface area contributed by atoms with Gasteiger partial charge in [0.05, 0.1) is 18.7 Å². The Kier molecular flexibility index (Phi) is 3.98. The monoisotopic (exact) mass is 285 g/mol. The predicted molar refractivity (Wildman–Crippen MR) is 75.8 cm³/mol. The van der Waals surface area contributed by atoms with Crippen LogP contribution in [-0.4, -0.2) is 16.4 Å².